The van der Waals surface area contributed by atoms with Gasteiger partial charge in [0.25, 0.3) is 0 Å². The number of nitrogens with two attached hydrogens (primary N) is 1. The summed E-state index contributed by atoms with van der Waals surface area (Å²) < 4.78 is 0. The summed E-state index contributed by atoms with van der Waals surface area (Å²) in [7, 11) is 0. The first kappa shape index (κ1) is 8.87. The maximum absolute atomic E-state index is 9.22. The lowest BCUT2D eigenvalue weighted by Gasteiger charge is -2.09. The van der Waals surface area contributed by atoms with Gasteiger partial charge in [-0.3, -0.25) is 0 Å². The molecule has 1 unspecified atom stereocenters. The summed E-state index contributed by atoms with van der Waals surface area (Å²) >= 11 is 0. The predicted molar refractivity (Wildman–Crippen MR) is 47.1 cm³/mol. The first-order valence-corrected chi connectivity index (χ1v) is 3.80. The topological polar surface area (TPSA) is 66.5 Å². The number of hydrogen-bond acceptors (Lipinski definition) is 3. The number of aryl methyl sites for hydroxylation is 1. The van der Waals surface area contributed by atoms with Gasteiger partial charge in [0, 0.05) is 6.04 Å². The number of phenolic OH excluding ortho intramolecular Hbond substituents is 2. The van der Waals surface area contributed by atoms with Crippen LogP contribution in [0.4, 0.5) is 0 Å². The third-order valence-electron chi connectivity index (χ3n) is 1.83. The molecule has 0 aromatic heterocycles. The Morgan fingerprint density at radius 2 is 1.92 bits per heavy atom. The van der Waals surface area contributed by atoms with Crippen molar-refractivity contribution in [1.29, 1.82) is 0 Å². The zero-order valence-electron chi connectivity index (χ0n) is 7.20. The quantitative estimate of drug-likeness (QED) is 0.554. The Morgan fingerprint density at radius 1 is 1.33 bits per heavy atom. The standard InChI is InChI=1S/C9H13NO2/c1-5-3-7(6(2)10)4-8(11)9(5)12/h3-4,6,11-12H,10H2,1-2H3. The van der Waals surface area contributed by atoms with E-state index in [1.807, 2.05) is 6.92 Å². The molecule has 1 atom stereocenters. The van der Waals surface area contributed by atoms with Crippen molar-refractivity contribution in [3.8, 4) is 11.5 Å². The monoisotopic (exact) mass is 167 g/mol. The van der Waals surface area contributed by atoms with E-state index in [2.05, 4.69) is 0 Å². The zero-order valence-corrected chi connectivity index (χ0v) is 7.20. The Morgan fingerprint density at radius 3 is 2.33 bits per heavy atom. The lowest BCUT2D eigenvalue weighted by molar-refractivity contribution is 0.400. The highest BCUT2D eigenvalue weighted by atomic mass is 16.3. The molecule has 0 aliphatic carbocycles. The van der Waals surface area contributed by atoms with Crippen molar-refractivity contribution in [2.45, 2.75) is 19.9 Å². The molecule has 0 bridgehead atoms. The molecule has 3 nitrogen and oxygen atoms in total. The van der Waals surface area contributed by atoms with Crippen LogP contribution < -0.4 is 5.73 Å². The first-order valence-electron chi connectivity index (χ1n) is 3.80. The molecule has 3 heteroatoms. The molecule has 1 rings (SSSR count). The minimum atomic E-state index is -0.129. The highest BCUT2D eigenvalue weighted by Gasteiger charge is 2.07. The van der Waals surface area contributed by atoms with E-state index in [-0.39, 0.29) is 17.5 Å². The van der Waals surface area contributed by atoms with Crippen molar-refractivity contribution in [2.24, 2.45) is 5.73 Å². The lowest BCUT2D eigenvalue weighted by Crippen LogP contribution is -2.04. The number of hydrogen-bond donors (Lipinski definition) is 3. The number of phenols is 2. The lowest BCUT2D eigenvalue weighted by atomic mass is 10.1. The van der Waals surface area contributed by atoms with Crippen LogP contribution in [0, 0.1) is 6.92 Å². The molecule has 0 saturated carbocycles. The SMILES string of the molecule is Cc1cc(C(C)N)cc(O)c1O. The van der Waals surface area contributed by atoms with E-state index in [4.69, 9.17) is 5.73 Å². The molecule has 0 fully saturated rings. The van der Waals surface area contributed by atoms with Crippen LogP contribution in [0.3, 0.4) is 0 Å². The molecule has 0 saturated heterocycles. The van der Waals surface area contributed by atoms with Gasteiger partial charge in [-0.1, -0.05) is 6.07 Å². The molecule has 1 aromatic rings. The van der Waals surface area contributed by atoms with E-state index in [1.165, 1.54) is 6.07 Å². The summed E-state index contributed by atoms with van der Waals surface area (Å²) in [5.74, 6) is -0.179. The Balaban J connectivity index is 3.21. The maximum Gasteiger partial charge on any atom is 0.160 e. The fourth-order valence-corrected chi connectivity index (χ4v) is 1.05. The van der Waals surface area contributed by atoms with Gasteiger partial charge in [0.05, 0.1) is 0 Å². The maximum atomic E-state index is 9.22. The van der Waals surface area contributed by atoms with E-state index < -0.39 is 0 Å². The molecule has 0 aliphatic heterocycles. The van der Waals surface area contributed by atoms with Gasteiger partial charge >= 0.3 is 0 Å². The molecular weight excluding hydrogens is 154 g/mol. The van der Waals surface area contributed by atoms with Crippen LogP contribution in [0.15, 0.2) is 12.1 Å². The summed E-state index contributed by atoms with van der Waals surface area (Å²) in [5, 5.41) is 18.4. The van der Waals surface area contributed by atoms with Crippen molar-refractivity contribution < 1.29 is 10.2 Å². The van der Waals surface area contributed by atoms with Crippen LogP contribution in [0.1, 0.15) is 24.1 Å². The summed E-state index contributed by atoms with van der Waals surface area (Å²) in [6, 6.07) is 3.11. The van der Waals surface area contributed by atoms with Crippen molar-refractivity contribution in [3.63, 3.8) is 0 Å². The van der Waals surface area contributed by atoms with E-state index in [9.17, 15) is 10.2 Å². The highest BCUT2D eigenvalue weighted by Crippen LogP contribution is 2.31. The minimum absolute atomic E-state index is 0.0700. The predicted octanol–water partition coefficient (Wildman–Crippen LogP) is 1.43. The average molecular weight is 167 g/mol. The Labute approximate surface area is 71.5 Å². The van der Waals surface area contributed by atoms with E-state index in [0.717, 1.165) is 5.56 Å². The smallest absolute Gasteiger partial charge is 0.160 e. The van der Waals surface area contributed by atoms with Gasteiger partial charge < -0.3 is 15.9 Å². The Hall–Kier alpha value is -1.22. The molecule has 0 amide bonds. The van der Waals surface area contributed by atoms with Gasteiger partial charge in [0.15, 0.2) is 11.5 Å². The molecule has 0 aliphatic rings. The van der Waals surface area contributed by atoms with Crippen molar-refractivity contribution in [2.75, 3.05) is 0 Å². The van der Waals surface area contributed by atoms with Crippen LogP contribution in [0.25, 0.3) is 0 Å². The van der Waals surface area contributed by atoms with Crippen LogP contribution in [0.2, 0.25) is 0 Å². The van der Waals surface area contributed by atoms with Gasteiger partial charge in [-0.25, -0.2) is 0 Å². The Bertz CT molecular complexity index is 272. The average Bonchev–Trinajstić information content (AvgIpc) is 1.99. The van der Waals surface area contributed by atoms with Crippen molar-refractivity contribution in [3.05, 3.63) is 23.3 Å². The third kappa shape index (κ3) is 1.51. The molecule has 12 heavy (non-hydrogen) atoms. The number of aromatic hydroxyl groups is 2. The molecule has 0 radical (unpaired) electrons. The molecule has 0 heterocycles. The van der Waals surface area contributed by atoms with Crippen LogP contribution >= 0.6 is 0 Å². The van der Waals surface area contributed by atoms with E-state index in [0.29, 0.717) is 5.56 Å². The largest absolute Gasteiger partial charge is 0.504 e. The molecule has 4 N–H and O–H groups in total. The first-order chi connectivity index (χ1) is 5.52. The minimum Gasteiger partial charge on any atom is -0.504 e. The van der Waals surface area contributed by atoms with E-state index in [1.54, 1.807) is 13.0 Å². The fourth-order valence-electron chi connectivity index (χ4n) is 1.05. The van der Waals surface area contributed by atoms with E-state index >= 15 is 0 Å². The van der Waals surface area contributed by atoms with Crippen LogP contribution in [-0.2, 0) is 0 Å². The molecule has 1 aromatic carbocycles. The Kier molecular flexibility index (Phi) is 2.24. The molecular formula is C9H13NO2. The van der Waals surface area contributed by atoms with Gasteiger partial charge in [-0.2, -0.15) is 0 Å². The van der Waals surface area contributed by atoms with Gasteiger partial charge in [0.1, 0.15) is 0 Å². The van der Waals surface area contributed by atoms with Gasteiger partial charge in [0.2, 0.25) is 0 Å². The fraction of sp³-hybridized carbons (Fsp3) is 0.333. The van der Waals surface area contributed by atoms with Crippen LogP contribution in [-0.4, -0.2) is 10.2 Å². The van der Waals surface area contributed by atoms with Gasteiger partial charge in [-0.05, 0) is 31.0 Å². The zero-order chi connectivity index (χ0) is 9.30. The third-order valence-corrected chi connectivity index (χ3v) is 1.83. The summed E-state index contributed by atoms with van der Waals surface area (Å²) in [6.45, 7) is 3.55. The van der Waals surface area contributed by atoms with Crippen molar-refractivity contribution in [1.82, 2.24) is 0 Å². The van der Waals surface area contributed by atoms with Gasteiger partial charge in [-0.15, -0.1) is 0 Å². The van der Waals surface area contributed by atoms with Crippen molar-refractivity contribution >= 4 is 0 Å². The summed E-state index contributed by atoms with van der Waals surface area (Å²) in [4.78, 5) is 0. The molecule has 66 valence electrons. The second kappa shape index (κ2) is 3.03. The second-order valence-electron chi connectivity index (χ2n) is 2.99. The highest BCUT2D eigenvalue weighted by molar-refractivity contribution is 5.47. The normalized spacial score (nSPS) is 12.9. The summed E-state index contributed by atoms with van der Waals surface area (Å²) in [6.07, 6.45) is 0. The summed E-state index contributed by atoms with van der Waals surface area (Å²) in [5.41, 5.74) is 7.07. The molecule has 0 spiro atoms. The van der Waals surface area contributed by atoms with Crippen LogP contribution in [0.5, 0.6) is 11.5 Å². The number of rotatable bonds is 1. The number of benzene rings is 1. The second-order valence-corrected chi connectivity index (χ2v) is 2.99.